The number of hydrogen-bond donors (Lipinski definition) is 0. The Morgan fingerprint density at radius 2 is 1.95 bits per heavy atom. The van der Waals surface area contributed by atoms with Crippen molar-refractivity contribution in [1.29, 1.82) is 0 Å². The Balaban J connectivity index is 1.95. The van der Waals surface area contributed by atoms with E-state index in [-0.39, 0.29) is 5.78 Å². The molecule has 0 atom stereocenters. The Bertz CT molecular complexity index is 405. The molecule has 0 aliphatic carbocycles. The van der Waals surface area contributed by atoms with Crippen molar-refractivity contribution in [3.05, 3.63) is 35.4 Å². The molecule has 0 spiro atoms. The second-order valence-electron chi connectivity index (χ2n) is 5.44. The van der Waals surface area contributed by atoms with Gasteiger partial charge in [0.05, 0.1) is 6.54 Å². The highest BCUT2D eigenvalue weighted by atomic mass is 32.2. The van der Waals surface area contributed by atoms with Gasteiger partial charge in [-0.2, -0.15) is 11.8 Å². The Morgan fingerprint density at radius 1 is 1.21 bits per heavy atom. The summed E-state index contributed by atoms with van der Waals surface area (Å²) >= 11 is 1.99. The van der Waals surface area contributed by atoms with E-state index in [1.165, 1.54) is 17.7 Å². The predicted molar refractivity (Wildman–Crippen MR) is 83.2 cm³/mol. The molecule has 0 bridgehead atoms. The van der Waals surface area contributed by atoms with E-state index in [2.05, 4.69) is 30.9 Å². The van der Waals surface area contributed by atoms with Crippen molar-refractivity contribution < 1.29 is 4.79 Å². The van der Waals surface area contributed by atoms with Gasteiger partial charge in [-0.15, -0.1) is 0 Å². The minimum atomic E-state index is 0.252. The highest BCUT2D eigenvalue weighted by Crippen LogP contribution is 2.16. The highest BCUT2D eigenvalue weighted by molar-refractivity contribution is 7.99. The third-order valence-corrected chi connectivity index (χ3v) is 4.63. The number of Topliss-reactive ketones (excluding diaryl/α,β-unsaturated/α-hetero) is 1. The quantitative estimate of drug-likeness (QED) is 0.786. The lowest BCUT2D eigenvalue weighted by atomic mass is 10.0. The summed E-state index contributed by atoms with van der Waals surface area (Å²) in [5, 5.41) is 0. The van der Waals surface area contributed by atoms with Crippen LogP contribution in [0.5, 0.6) is 0 Å². The maximum absolute atomic E-state index is 12.3. The van der Waals surface area contributed by atoms with E-state index in [9.17, 15) is 4.79 Å². The molecule has 1 saturated heterocycles. The van der Waals surface area contributed by atoms with E-state index >= 15 is 0 Å². The molecule has 104 valence electrons. The summed E-state index contributed by atoms with van der Waals surface area (Å²) in [4.78, 5) is 14.5. The Morgan fingerprint density at radius 3 is 2.63 bits per heavy atom. The van der Waals surface area contributed by atoms with Crippen molar-refractivity contribution in [2.24, 2.45) is 0 Å². The van der Waals surface area contributed by atoms with Gasteiger partial charge in [0, 0.05) is 17.9 Å². The van der Waals surface area contributed by atoms with E-state index in [0.717, 1.165) is 24.4 Å². The fourth-order valence-electron chi connectivity index (χ4n) is 2.30. The first-order valence-corrected chi connectivity index (χ1v) is 8.25. The van der Waals surface area contributed by atoms with Crippen LogP contribution in [0.2, 0.25) is 0 Å². The molecular formula is C16H23NOS. The van der Waals surface area contributed by atoms with Gasteiger partial charge in [0.25, 0.3) is 0 Å². The zero-order chi connectivity index (χ0) is 13.7. The second kappa shape index (κ2) is 7.11. The van der Waals surface area contributed by atoms with Crippen molar-refractivity contribution in [2.75, 3.05) is 31.1 Å². The van der Waals surface area contributed by atoms with Crippen LogP contribution in [0.3, 0.4) is 0 Å². The first-order chi connectivity index (χ1) is 9.16. The number of carbonyl (C=O) groups is 1. The molecule has 1 aliphatic rings. The molecule has 2 rings (SSSR count). The highest BCUT2D eigenvalue weighted by Gasteiger charge is 2.14. The van der Waals surface area contributed by atoms with Crippen molar-refractivity contribution >= 4 is 17.5 Å². The van der Waals surface area contributed by atoms with Crippen LogP contribution in [0.25, 0.3) is 0 Å². The van der Waals surface area contributed by atoms with Gasteiger partial charge in [-0.3, -0.25) is 9.69 Å². The number of carbonyl (C=O) groups excluding carboxylic acids is 1. The van der Waals surface area contributed by atoms with Gasteiger partial charge < -0.3 is 0 Å². The lowest BCUT2D eigenvalue weighted by Crippen LogP contribution is -2.31. The van der Waals surface area contributed by atoms with Crippen molar-refractivity contribution in [1.82, 2.24) is 4.90 Å². The monoisotopic (exact) mass is 277 g/mol. The maximum Gasteiger partial charge on any atom is 0.176 e. The molecular weight excluding hydrogens is 254 g/mol. The number of ketones is 1. The minimum absolute atomic E-state index is 0.252. The molecule has 0 unspecified atom stereocenters. The minimum Gasteiger partial charge on any atom is -0.295 e. The summed E-state index contributed by atoms with van der Waals surface area (Å²) in [6.45, 7) is 7.02. The van der Waals surface area contributed by atoms with Crippen LogP contribution < -0.4 is 0 Å². The van der Waals surface area contributed by atoms with Crippen LogP contribution in [0.1, 0.15) is 42.1 Å². The molecule has 1 heterocycles. The number of benzene rings is 1. The third kappa shape index (κ3) is 4.36. The molecule has 0 N–H and O–H groups in total. The fourth-order valence-corrected chi connectivity index (χ4v) is 3.23. The van der Waals surface area contributed by atoms with Crippen LogP contribution >= 0.6 is 11.8 Å². The molecule has 0 saturated carbocycles. The lowest BCUT2D eigenvalue weighted by Gasteiger charge is -2.18. The van der Waals surface area contributed by atoms with E-state index < -0.39 is 0 Å². The van der Waals surface area contributed by atoms with E-state index in [0.29, 0.717) is 12.5 Å². The van der Waals surface area contributed by atoms with Gasteiger partial charge in [0.1, 0.15) is 0 Å². The van der Waals surface area contributed by atoms with Crippen LogP contribution in [0.4, 0.5) is 0 Å². The van der Waals surface area contributed by atoms with Gasteiger partial charge >= 0.3 is 0 Å². The summed E-state index contributed by atoms with van der Waals surface area (Å²) in [5.41, 5.74) is 2.14. The maximum atomic E-state index is 12.3. The SMILES string of the molecule is CC(C)c1ccc(C(=O)CN2CCCSCC2)cc1. The molecule has 0 radical (unpaired) electrons. The zero-order valence-corrected chi connectivity index (χ0v) is 12.7. The largest absolute Gasteiger partial charge is 0.295 e. The molecule has 3 heteroatoms. The van der Waals surface area contributed by atoms with Crippen molar-refractivity contribution in [3.8, 4) is 0 Å². The number of thioether (sulfide) groups is 1. The Hall–Kier alpha value is -0.800. The molecule has 0 amide bonds. The topological polar surface area (TPSA) is 20.3 Å². The third-order valence-electron chi connectivity index (χ3n) is 3.58. The second-order valence-corrected chi connectivity index (χ2v) is 6.67. The summed E-state index contributed by atoms with van der Waals surface area (Å²) in [5.74, 6) is 3.15. The molecule has 19 heavy (non-hydrogen) atoms. The average molecular weight is 277 g/mol. The van der Waals surface area contributed by atoms with Gasteiger partial charge in [-0.1, -0.05) is 38.1 Å². The molecule has 1 aromatic carbocycles. The average Bonchev–Trinajstić information content (AvgIpc) is 2.67. The first-order valence-electron chi connectivity index (χ1n) is 7.10. The number of rotatable bonds is 4. The molecule has 2 nitrogen and oxygen atoms in total. The Labute approximate surface area is 120 Å². The van der Waals surface area contributed by atoms with Gasteiger partial charge in [-0.25, -0.2) is 0 Å². The van der Waals surface area contributed by atoms with Crippen molar-refractivity contribution in [2.45, 2.75) is 26.2 Å². The summed E-state index contributed by atoms with van der Waals surface area (Å²) < 4.78 is 0. The van der Waals surface area contributed by atoms with Gasteiger partial charge in [0.15, 0.2) is 5.78 Å². The first kappa shape index (κ1) is 14.6. The van der Waals surface area contributed by atoms with E-state index in [1.807, 2.05) is 23.9 Å². The lowest BCUT2D eigenvalue weighted by molar-refractivity contribution is 0.0936. The number of hydrogen-bond acceptors (Lipinski definition) is 3. The fraction of sp³-hybridized carbons (Fsp3) is 0.562. The summed E-state index contributed by atoms with van der Waals surface area (Å²) in [7, 11) is 0. The van der Waals surface area contributed by atoms with Crippen LogP contribution in [-0.4, -0.2) is 41.8 Å². The summed E-state index contributed by atoms with van der Waals surface area (Å²) in [6, 6.07) is 8.11. The zero-order valence-electron chi connectivity index (χ0n) is 11.9. The van der Waals surface area contributed by atoms with E-state index in [1.54, 1.807) is 0 Å². The molecule has 1 aromatic rings. The van der Waals surface area contributed by atoms with Crippen LogP contribution in [0.15, 0.2) is 24.3 Å². The standard InChI is InChI=1S/C16H23NOS/c1-13(2)14-4-6-15(7-5-14)16(18)12-17-8-3-10-19-11-9-17/h4-7,13H,3,8-12H2,1-2H3. The van der Waals surface area contributed by atoms with Crippen LogP contribution in [-0.2, 0) is 0 Å². The normalized spacial score (nSPS) is 17.4. The number of nitrogens with zero attached hydrogens (tertiary/aromatic N) is 1. The summed E-state index contributed by atoms with van der Waals surface area (Å²) in [6.07, 6.45) is 1.20. The molecule has 1 aliphatic heterocycles. The van der Waals surface area contributed by atoms with Gasteiger partial charge in [0.2, 0.25) is 0 Å². The predicted octanol–water partition coefficient (Wildman–Crippen LogP) is 3.43. The van der Waals surface area contributed by atoms with Gasteiger partial charge in [-0.05, 0) is 30.2 Å². The Kier molecular flexibility index (Phi) is 5.46. The molecule has 1 fully saturated rings. The van der Waals surface area contributed by atoms with Crippen LogP contribution in [0, 0.1) is 0 Å². The van der Waals surface area contributed by atoms with E-state index in [4.69, 9.17) is 0 Å². The van der Waals surface area contributed by atoms with Crippen molar-refractivity contribution in [3.63, 3.8) is 0 Å². The smallest absolute Gasteiger partial charge is 0.176 e. The molecule has 0 aromatic heterocycles.